The van der Waals surface area contributed by atoms with Crippen LogP contribution in [0.5, 0.6) is 5.75 Å². The number of aryl methyl sites for hydroxylation is 1. The smallest absolute Gasteiger partial charge is 0.227 e. The standard InChI is InChI=1S/C17H20N4O2/c22-17(13-9-12-5-1-2-6-14(12)23-11-13)18-10-16-20-19-15-7-3-4-8-21(15)16/h1-2,5-6,13H,3-4,7-11H2,(H,18,22)/t13-/m1/s1. The SMILES string of the molecule is O=C(NCc1nnc2n1CCCC2)[C@H]1COc2ccccc2C1. The Morgan fingerprint density at radius 1 is 1.30 bits per heavy atom. The van der Waals surface area contributed by atoms with Gasteiger partial charge in [-0.15, -0.1) is 10.2 Å². The Bertz CT molecular complexity index is 725. The first-order chi connectivity index (χ1) is 11.3. The predicted octanol–water partition coefficient (Wildman–Crippen LogP) is 1.48. The van der Waals surface area contributed by atoms with Crippen LogP contribution in [0.25, 0.3) is 0 Å². The number of carbonyl (C=O) groups excluding carboxylic acids is 1. The van der Waals surface area contributed by atoms with E-state index in [9.17, 15) is 4.79 Å². The maximum absolute atomic E-state index is 12.4. The van der Waals surface area contributed by atoms with Crippen LogP contribution in [0.2, 0.25) is 0 Å². The molecule has 2 aliphatic heterocycles. The van der Waals surface area contributed by atoms with Gasteiger partial charge in [-0.25, -0.2) is 0 Å². The minimum atomic E-state index is -0.145. The lowest BCUT2D eigenvalue weighted by Gasteiger charge is -2.24. The number of aromatic nitrogens is 3. The first kappa shape index (κ1) is 14.2. The summed E-state index contributed by atoms with van der Waals surface area (Å²) in [5, 5.41) is 11.4. The largest absolute Gasteiger partial charge is 0.492 e. The molecule has 0 radical (unpaired) electrons. The summed E-state index contributed by atoms with van der Waals surface area (Å²) in [6, 6.07) is 7.90. The van der Waals surface area contributed by atoms with Crippen molar-refractivity contribution in [1.82, 2.24) is 20.1 Å². The number of benzene rings is 1. The summed E-state index contributed by atoms with van der Waals surface area (Å²) < 4.78 is 7.83. The first-order valence-electron chi connectivity index (χ1n) is 8.20. The third kappa shape index (κ3) is 2.81. The van der Waals surface area contributed by atoms with Gasteiger partial charge in [0.25, 0.3) is 0 Å². The Hall–Kier alpha value is -2.37. The molecular formula is C17H20N4O2. The molecule has 120 valence electrons. The minimum Gasteiger partial charge on any atom is -0.492 e. The summed E-state index contributed by atoms with van der Waals surface area (Å²) in [6.07, 6.45) is 4.02. The van der Waals surface area contributed by atoms with Crippen LogP contribution in [0, 0.1) is 5.92 Å². The Morgan fingerprint density at radius 3 is 3.17 bits per heavy atom. The van der Waals surface area contributed by atoms with E-state index in [1.165, 1.54) is 6.42 Å². The van der Waals surface area contributed by atoms with Crippen molar-refractivity contribution < 1.29 is 9.53 Å². The van der Waals surface area contributed by atoms with Gasteiger partial charge in [-0.2, -0.15) is 0 Å². The zero-order valence-corrected chi connectivity index (χ0v) is 13.0. The monoisotopic (exact) mass is 312 g/mol. The molecule has 1 amide bonds. The van der Waals surface area contributed by atoms with Crippen LogP contribution in [0.3, 0.4) is 0 Å². The maximum Gasteiger partial charge on any atom is 0.227 e. The topological polar surface area (TPSA) is 69.0 Å². The molecule has 3 heterocycles. The number of rotatable bonds is 3. The number of carbonyl (C=O) groups is 1. The van der Waals surface area contributed by atoms with Gasteiger partial charge in [0.15, 0.2) is 5.82 Å². The van der Waals surface area contributed by atoms with E-state index in [4.69, 9.17) is 4.74 Å². The van der Waals surface area contributed by atoms with Gasteiger partial charge in [-0.05, 0) is 30.9 Å². The summed E-state index contributed by atoms with van der Waals surface area (Å²) in [6.45, 7) is 1.82. The molecule has 0 saturated carbocycles. The van der Waals surface area contributed by atoms with E-state index < -0.39 is 0 Å². The summed E-state index contributed by atoms with van der Waals surface area (Å²) >= 11 is 0. The minimum absolute atomic E-state index is 0.0210. The molecule has 2 aliphatic rings. The van der Waals surface area contributed by atoms with Crippen molar-refractivity contribution in [2.75, 3.05) is 6.61 Å². The molecule has 0 bridgehead atoms. The van der Waals surface area contributed by atoms with Crippen LogP contribution in [0.1, 0.15) is 30.1 Å². The second kappa shape index (κ2) is 6.02. The highest BCUT2D eigenvalue weighted by molar-refractivity contribution is 5.79. The Kier molecular flexibility index (Phi) is 3.73. The second-order valence-electron chi connectivity index (χ2n) is 6.18. The van der Waals surface area contributed by atoms with E-state index in [0.717, 1.165) is 48.8 Å². The first-order valence-corrected chi connectivity index (χ1v) is 8.20. The van der Waals surface area contributed by atoms with E-state index in [0.29, 0.717) is 13.2 Å². The fourth-order valence-electron chi connectivity index (χ4n) is 3.31. The molecule has 0 unspecified atom stereocenters. The van der Waals surface area contributed by atoms with Gasteiger partial charge in [-0.3, -0.25) is 4.79 Å². The van der Waals surface area contributed by atoms with Gasteiger partial charge in [0, 0.05) is 13.0 Å². The number of nitrogens with zero attached hydrogens (tertiary/aromatic N) is 3. The van der Waals surface area contributed by atoms with E-state index in [1.807, 2.05) is 24.3 Å². The molecule has 1 N–H and O–H groups in total. The van der Waals surface area contributed by atoms with Crippen molar-refractivity contribution in [2.45, 2.75) is 38.8 Å². The van der Waals surface area contributed by atoms with Crippen LogP contribution in [0.15, 0.2) is 24.3 Å². The van der Waals surface area contributed by atoms with Crippen molar-refractivity contribution in [2.24, 2.45) is 5.92 Å². The quantitative estimate of drug-likeness (QED) is 0.932. The van der Waals surface area contributed by atoms with E-state index in [1.54, 1.807) is 0 Å². The fourth-order valence-corrected chi connectivity index (χ4v) is 3.31. The van der Waals surface area contributed by atoms with Gasteiger partial charge in [0.2, 0.25) is 5.91 Å². The molecule has 1 atom stereocenters. The Morgan fingerprint density at radius 2 is 2.22 bits per heavy atom. The lowest BCUT2D eigenvalue weighted by molar-refractivity contribution is -0.126. The Balaban J connectivity index is 1.38. The number of amides is 1. The molecular weight excluding hydrogens is 292 g/mol. The zero-order chi connectivity index (χ0) is 15.6. The third-order valence-corrected chi connectivity index (χ3v) is 4.61. The summed E-state index contributed by atoms with van der Waals surface area (Å²) in [5.74, 6) is 2.66. The van der Waals surface area contributed by atoms with Crippen molar-refractivity contribution in [3.8, 4) is 5.75 Å². The van der Waals surface area contributed by atoms with Gasteiger partial charge >= 0.3 is 0 Å². The van der Waals surface area contributed by atoms with Gasteiger partial charge in [0.1, 0.15) is 18.2 Å². The lowest BCUT2D eigenvalue weighted by atomic mass is 9.96. The molecule has 1 aromatic carbocycles. The number of fused-ring (bicyclic) bond motifs is 2. The zero-order valence-electron chi connectivity index (χ0n) is 13.0. The van der Waals surface area contributed by atoms with Crippen molar-refractivity contribution in [1.29, 1.82) is 0 Å². The lowest BCUT2D eigenvalue weighted by Crippen LogP contribution is -2.37. The molecule has 0 aliphatic carbocycles. The molecule has 2 aromatic rings. The van der Waals surface area contributed by atoms with E-state index in [-0.39, 0.29) is 11.8 Å². The fraction of sp³-hybridized carbons (Fsp3) is 0.471. The molecule has 23 heavy (non-hydrogen) atoms. The summed E-state index contributed by atoms with van der Waals surface area (Å²) in [7, 11) is 0. The number of ether oxygens (including phenoxy) is 1. The molecule has 4 rings (SSSR count). The molecule has 1 aromatic heterocycles. The number of para-hydroxylation sites is 1. The second-order valence-corrected chi connectivity index (χ2v) is 6.18. The average Bonchev–Trinajstić information content (AvgIpc) is 3.02. The molecule has 0 saturated heterocycles. The molecule has 0 spiro atoms. The molecule has 0 fully saturated rings. The van der Waals surface area contributed by atoms with Crippen molar-refractivity contribution >= 4 is 5.91 Å². The highest BCUT2D eigenvalue weighted by Crippen LogP contribution is 2.26. The third-order valence-electron chi connectivity index (χ3n) is 4.61. The van der Waals surface area contributed by atoms with Crippen LogP contribution < -0.4 is 10.1 Å². The average molecular weight is 312 g/mol. The van der Waals surface area contributed by atoms with Crippen molar-refractivity contribution in [3.63, 3.8) is 0 Å². The van der Waals surface area contributed by atoms with Gasteiger partial charge < -0.3 is 14.6 Å². The normalized spacial score (nSPS) is 19.4. The van der Waals surface area contributed by atoms with Crippen LogP contribution in [-0.4, -0.2) is 27.3 Å². The molecule has 6 nitrogen and oxygen atoms in total. The van der Waals surface area contributed by atoms with Crippen molar-refractivity contribution in [3.05, 3.63) is 41.5 Å². The summed E-state index contributed by atoms with van der Waals surface area (Å²) in [4.78, 5) is 12.4. The summed E-state index contributed by atoms with van der Waals surface area (Å²) in [5.41, 5.74) is 1.10. The highest BCUT2D eigenvalue weighted by Gasteiger charge is 2.26. The van der Waals surface area contributed by atoms with E-state index in [2.05, 4.69) is 20.1 Å². The number of hydrogen-bond acceptors (Lipinski definition) is 4. The number of hydrogen-bond donors (Lipinski definition) is 1. The highest BCUT2D eigenvalue weighted by atomic mass is 16.5. The maximum atomic E-state index is 12.4. The van der Waals surface area contributed by atoms with Gasteiger partial charge in [-0.1, -0.05) is 18.2 Å². The van der Waals surface area contributed by atoms with Crippen LogP contribution in [-0.2, 0) is 30.7 Å². The predicted molar refractivity (Wildman–Crippen MR) is 83.9 cm³/mol. The molecule has 6 heteroatoms. The number of nitrogens with one attached hydrogen (secondary N) is 1. The van der Waals surface area contributed by atoms with Crippen LogP contribution >= 0.6 is 0 Å². The van der Waals surface area contributed by atoms with E-state index >= 15 is 0 Å². The van der Waals surface area contributed by atoms with Crippen LogP contribution in [0.4, 0.5) is 0 Å². The Labute approximate surface area is 134 Å². The van der Waals surface area contributed by atoms with Gasteiger partial charge in [0.05, 0.1) is 12.5 Å².